The lowest BCUT2D eigenvalue weighted by Crippen LogP contribution is -2.40. The number of amides is 2. The van der Waals surface area contributed by atoms with Crippen molar-refractivity contribution in [3.63, 3.8) is 0 Å². The number of hydrogen-bond acceptors (Lipinski definition) is 4. The fourth-order valence-electron chi connectivity index (χ4n) is 4.41. The first kappa shape index (κ1) is 23.8. The Morgan fingerprint density at radius 3 is 2.56 bits per heavy atom. The van der Waals surface area contributed by atoms with Gasteiger partial charge in [-0.05, 0) is 54.0 Å². The first-order valence-corrected chi connectivity index (χ1v) is 12.0. The molecule has 0 atom stereocenters. The average Bonchev–Trinajstić information content (AvgIpc) is 3.31. The molecule has 0 aliphatic carbocycles. The summed E-state index contributed by atoms with van der Waals surface area (Å²) in [4.78, 5) is 34.6. The van der Waals surface area contributed by atoms with Crippen molar-refractivity contribution in [1.29, 1.82) is 0 Å². The number of hydrogen-bond donors (Lipinski definition) is 2. The van der Waals surface area contributed by atoms with Crippen molar-refractivity contribution in [2.45, 2.75) is 6.92 Å². The van der Waals surface area contributed by atoms with E-state index in [1.54, 1.807) is 12.3 Å². The van der Waals surface area contributed by atoms with Gasteiger partial charge in [-0.15, -0.1) is 0 Å². The Bertz CT molecular complexity index is 1470. The van der Waals surface area contributed by atoms with Crippen LogP contribution in [0.4, 0.5) is 5.69 Å². The maximum Gasteiger partial charge on any atom is 0.254 e. The van der Waals surface area contributed by atoms with Crippen LogP contribution in [0, 0.1) is 6.92 Å². The van der Waals surface area contributed by atoms with Crippen LogP contribution >= 0.6 is 11.6 Å². The summed E-state index contributed by atoms with van der Waals surface area (Å²) in [5, 5.41) is 4.22. The predicted molar refractivity (Wildman–Crippen MR) is 142 cm³/mol. The summed E-state index contributed by atoms with van der Waals surface area (Å²) in [5.74, 6) is -0.290. The second kappa shape index (κ2) is 9.97. The van der Waals surface area contributed by atoms with Gasteiger partial charge in [-0.2, -0.15) is 0 Å². The molecule has 2 aromatic heterocycles. The second-order valence-electron chi connectivity index (χ2n) is 8.60. The number of H-pyrrole nitrogens is 1. The van der Waals surface area contributed by atoms with Crippen LogP contribution in [-0.2, 0) is 9.53 Å². The third kappa shape index (κ3) is 4.51. The van der Waals surface area contributed by atoms with Gasteiger partial charge in [0.05, 0.1) is 23.9 Å². The van der Waals surface area contributed by atoms with Crippen molar-refractivity contribution < 1.29 is 14.3 Å². The standard InChI is InChI=1S/C28H25ClN4O3/c1-3-23(34)31-22-16-20(5-4-17(22)2)24-25-21(29)10-11-30-27(25)32-26(24)18-6-8-19(9-7-18)28(35)33-12-14-36-15-13-33/h3-11,16H,1,12-15H2,2H3,(H,30,32)(H,31,34). The highest BCUT2D eigenvalue weighted by atomic mass is 35.5. The van der Waals surface area contributed by atoms with E-state index in [2.05, 4.69) is 21.9 Å². The number of anilines is 1. The molecular weight excluding hydrogens is 476 g/mol. The van der Waals surface area contributed by atoms with Crippen molar-refractivity contribution in [2.24, 2.45) is 0 Å². The molecule has 0 bridgehead atoms. The number of nitrogens with zero attached hydrogens (tertiary/aromatic N) is 2. The van der Waals surface area contributed by atoms with E-state index >= 15 is 0 Å². The van der Waals surface area contributed by atoms with E-state index in [1.807, 2.05) is 54.3 Å². The zero-order chi connectivity index (χ0) is 25.2. The molecule has 2 amide bonds. The number of carbonyl (C=O) groups excluding carboxylic acids is 2. The van der Waals surface area contributed by atoms with Crippen LogP contribution in [-0.4, -0.2) is 53.0 Å². The second-order valence-corrected chi connectivity index (χ2v) is 9.00. The number of aryl methyl sites for hydroxylation is 1. The monoisotopic (exact) mass is 500 g/mol. The summed E-state index contributed by atoms with van der Waals surface area (Å²) in [5.41, 5.74) is 6.32. The Labute approximate surface area is 213 Å². The smallest absolute Gasteiger partial charge is 0.254 e. The first-order chi connectivity index (χ1) is 17.5. The van der Waals surface area contributed by atoms with Crippen LogP contribution in [0.5, 0.6) is 0 Å². The number of aromatic amines is 1. The number of carbonyl (C=O) groups is 2. The Kier molecular flexibility index (Phi) is 6.59. The quantitative estimate of drug-likeness (QED) is 0.356. The summed E-state index contributed by atoms with van der Waals surface area (Å²) >= 11 is 6.64. The summed E-state index contributed by atoms with van der Waals surface area (Å²) < 4.78 is 5.36. The Balaban J connectivity index is 1.60. The Morgan fingerprint density at radius 1 is 1.11 bits per heavy atom. The van der Waals surface area contributed by atoms with Crippen LogP contribution < -0.4 is 5.32 Å². The Hall–Kier alpha value is -3.94. The number of ether oxygens (including phenoxy) is 1. The lowest BCUT2D eigenvalue weighted by molar-refractivity contribution is -0.111. The lowest BCUT2D eigenvalue weighted by Gasteiger charge is -2.26. The molecule has 8 heteroatoms. The molecule has 5 rings (SSSR count). The van der Waals surface area contributed by atoms with Crippen LogP contribution in [0.3, 0.4) is 0 Å². The van der Waals surface area contributed by atoms with E-state index < -0.39 is 0 Å². The number of fused-ring (bicyclic) bond motifs is 1. The summed E-state index contributed by atoms with van der Waals surface area (Å²) in [7, 11) is 0. The van der Waals surface area contributed by atoms with Gasteiger partial charge in [-0.1, -0.05) is 42.4 Å². The zero-order valence-electron chi connectivity index (χ0n) is 19.8. The molecular formula is C28H25ClN4O3. The maximum absolute atomic E-state index is 12.9. The number of halogens is 1. The third-order valence-corrected chi connectivity index (χ3v) is 6.65. The van der Waals surface area contributed by atoms with Crippen LogP contribution in [0.2, 0.25) is 5.02 Å². The molecule has 3 heterocycles. The van der Waals surface area contributed by atoms with Crippen LogP contribution in [0.15, 0.2) is 67.4 Å². The molecule has 7 nitrogen and oxygen atoms in total. The largest absolute Gasteiger partial charge is 0.378 e. The number of morpholine rings is 1. The number of pyridine rings is 1. The molecule has 1 aliphatic rings. The number of nitrogens with one attached hydrogen (secondary N) is 2. The lowest BCUT2D eigenvalue weighted by atomic mass is 9.96. The maximum atomic E-state index is 12.9. The van der Waals surface area contributed by atoms with Gasteiger partial charge in [-0.25, -0.2) is 4.98 Å². The van der Waals surface area contributed by atoms with E-state index in [4.69, 9.17) is 16.3 Å². The SMILES string of the molecule is C=CC(=O)Nc1cc(-c2c(-c3ccc(C(=O)N4CCOCC4)cc3)[nH]c3nccc(Cl)c23)ccc1C. The summed E-state index contributed by atoms with van der Waals surface area (Å²) in [6.07, 6.45) is 2.90. The van der Waals surface area contributed by atoms with Crippen LogP contribution in [0.1, 0.15) is 15.9 Å². The molecule has 0 saturated carbocycles. The highest BCUT2D eigenvalue weighted by Gasteiger charge is 2.21. The van der Waals surface area contributed by atoms with Gasteiger partial charge in [0.25, 0.3) is 5.91 Å². The highest BCUT2D eigenvalue weighted by molar-refractivity contribution is 6.36. The summed E-state index contributed by atoms with van der Waals surface area (Å²) in [6.45, 7) is 7.77. The zero-order valence-corrected chi connectivity index (χ0v) is 20.6. The first-order valence-electron chi connectivity index (χ1n) is 11.6. The van der Waals surface area contributed by atoms with E-state index in [-0.39, 0.29) is 11.8 Å². The van der Waals surface area contributed by atoms with Gasteiger partial charge in [-0.3, -0.25) is 9.59 Å². The number of aromatic nitrogens is 2. The minimum atomic E-state index is -0.283. The van der Waals surface area contributed by atoms with Gasteiger partial charge in [0.2, 0.25) is 5.91 Å². The van der Waals surface area contributed by atoms with Crippen molar-refractivity contribution in [3.8, 4) is 22.4 Å². The minimum absolute atomic E-state index is 0.00688. The van der Waals surface area contributed by atoms with Crippen molar-refractivity contribution in [2.75, 3.05) is 31.6 Å². The van der Waals surface area contributed by atoms with Gasteiger partial charge >= 0.3 is 0 Å². The molecule has 0 spiro atoms. The fraction of sp³-hybridized carbons (Fsp3) is 0.179. The molecule has 0 unspecified atom stereocenters. The third-order valence-electron chi connectivity index (χ3n) is 6.33. The van der Waals surface area contributed by atoms with Gasteiger partial charge in [0.1, 0.15) is 5.65 Å². The van der Waals surface area contributed by atoms with Crippen LogP contribution in [0.25, 0.3) is 33.4 Å². The molecule has 36 heavy (non-hydrogen) atoms. The van der Waals surface area contributed by atoms with Gasteiger partial charge in [0.15, 0.2) is 0 Å². The molecule has 2 N–H and O–H groups in total. The van der Waals surface area contributed by atoms with Crippen molar-refractivity contribution in [3.05, 3.63) is 83.5 Å². The summed E-state index contributed by atoms with van der Waals surface area (Å²) in [6, 6.07) is 15.1. The molecule has 2 aromatic carbocycles. The van der Waals surface area contributed by atoms with E-state index in [0.717, 1.165) is 33.3 Å². The number of rotatable bonds is 5. The van der Waals surface area contributed by atoms with E-state index in [0.29, 0.717) is 48.2 Å². The fourth-order valence-corrected chi connectivity index (χ4v) is 4.65. The Morgan fingerprint density at radius 2 is 1.83 bits per heavy atom. The highest BCUT2D eigenvalue weighted by Crippen LogP contribution is 2.41. The number of benzene rings is 2. The van der Waals surface area contributed by atoms with Crippen molar-refractivity contribution >= 4 is 40.1 Å². The average molecular weight is 501 g/mol. The molecule has 1 aliphatic heterocycles. The van der Waals surface area contributed by atoms with E-state index in [9.17, 15) is 9.59 Å². The normalized spacial score (nSPS) is 13.6. The molecule has 4 aromatic rings. The molecule has 1 fully saturated rings. The van der Waals surface area contributed by atoms with Crippen molar-refractivity contribution in [1.82, 2.24) is 14.9 Å². The molecule has 0 radical (unpaired) electrons. The molecule has 1 saturated heterocycles. The predicted octanol–water partition coefficient (Wildman–Crippen LogP) is 5.46. The van der Waals surface area contributed by atoms with Gasteiger partial charge in [0, 0.05) is 41.5 Å². The van der Waals surface area contributed by atoms with E-state index in [1.165, 1.54) is 6.08 Å². The topological polar surface area (TPSA) is 87.3 Å². The molecule has 182 valence electrons. The minimum Gasteiger partial charge on any atom is -0.378 e. The van der Waals surface area contributed by atoms with Gasteiger partial charge < -0.3 is 19.9 Å².